The summed E-state index contributed by atoms with van der Waals surface area (Å²) >= 11 is 11.9. The molecule has 0 aromatic heterocycles. The molecule has 1 saturated heterocycles. The summed E-state index contributed by atoms with van der Waals surface area (Å²) in [6.07, 6.45) is 0. The molecular weight excluding hydrogens is 411 g/mol. The van der Waals surface area contributed by atoms with E-state index in [2.05, 4.69) is 5.32 Å². The molecule has 0 atom stereocenters. The highest BCUT2D eigenvalue weighted by molar-refractivity contribution is 7.94. The number of sulfonamides is 1. The highest BCUT2D eigenvalue weighted by Gasteiger charge is 2.49. The summed E-state index contributed by atoms with van der Waals surface area (Å²) in [6, 6.07) is 10.5. The van der Waals surface area contributed by atoms with Crippen LogP contribution in [-0.2, 0) is 14.8 Å². The van der Waals surface area contributed by atoms with Crippen molar-refractivity contribution in [3.05, 3.63) is 58.1 Å². The lowest BCUT2D eigenvalue weighted by molar-refractivity contribution is -0.123. The average molecular weight is 427 g/mol. The van der Waals surface area contributed by atoms with Gasteiger partial charge in [0.05, 0.1) is 27.6 Å². The number of carbonyl (C=O) groups excluding carboxylic acids is 2. The number of hydrogen-bond donors (Lipinski definition) is 1. The Labute approximate surface area is 167 Å². The van der Waals surface area contributed by atoms with Crippen LogP contribution in [0.5, 0.6) is 0 Å². The SMILES string of the molecule is CC1(C)CS(=O)(=O)N(c2cccc(C(=O)Nc3ccc(Cl)cc3Cl)c2)C1=O. The van der Waals surface area contributed by atoms with Crippen molar-refractivity contribution in [2.24, 2.45) is 5.41 Å². The summed E-state index contributed by atoms with van der Waals surface area (Å²) in [5.41, 5.74) is -0.345. The van der Waals surface area contributed by atoms with Crippen molar-refractivity contribution < 1.29 is 18.0 Å². The lowest BCUT2D eigenvalue weighted by Crippen LogP contribution is -2.33. The van der Waals surface area contributed by atoms with Crippen LogP contribution in [0.4, 0.5) is 11.4 Å². The second-order valence-electron chi connectivity index (χ2n) is 6.84. The largest absolute Gasteiger partial charge is 0.321 e. The minimum atomic E-state index is -3.79. The van der Waals surface area contributed by atoms with E-state index in [1.165, 1.54) is 30.3 Å². The van der Waals surface area contributed by atoms with Crippen LogP contribution in [0.2, 0.25) is 10.0 Å². The van der Waals surface area contributed by atoms with Crippen LogP contribution < -0.4 is 9.62 Å². The molecule has 1 aliphatic rings. The summed E-state index contributed by atoms with van der Waals surface area (Å²) in [5.74, 6) is -1.31. The van der Waals surface area contributed by atoms with Crippen molar-refractivity contribution in [3.8, 4) is 0 Å². The third kappa shape index (κ3) is 3.81. The lowest BCUT2D eigenvalue weighted by atomic mass is 9.95. The average Bonchev–Trinajstić information content (AvgIpc) is 2.73. The summed E-state index contributed by atoms with van der Waals surface area (Å²) in [4.78, 5) is 25.0. The first-order chi connectivity index (χ1) is 12.5. The van der Waals surface area contributed by atoms with Crippen LogP contribution in [0.3, 0.4) is 0 Å². The van der Waals surface area contributed by atoms with Gasteiger partial charge in [0.2, 0.25) is 15.9 Å². The van der Waals surface area contributed by atoms with Crippen molar-refractivity contribution in [2.45, 2.75) is 13.8 Å². The van der Waals surface area contributed by atoms with E-state index >= 15 is 0 Å². The van der Waals surface area contributed by atoms with Gasteiger partial charge in [0.15, 0.2) is 0 Å². The van der Waals surface area contributed by atoms with Crippen molar-refractivity contribution in [1.29, 1.82) is 0 Å². The van der Waals surface area contributed by atoms with Gasteiger partial charge in [-0.3, -0.25) is 9.59 Å². The highest BCUT2D eigenvalue weighted by Crippen LogP contribution is 2.36. The van der Waals surface area contributed by atoms with Crippen LogP contribution in [0.25, 0.3) is 0 Å². The molecule has 1 heterocycles. The third-order valence-electron chi connectivity index (χ3n) is 4.11. The molecule has 2 amide bonds. The van der Waals surface area contributed by atoms with Gasteiger partial charge in [-0.25, -0.2) is 12.7 Å². The Morgan fingerprint density at radius 3 is 2.44 bits per heavy atom. The molecule has 9 heteroatoms. The lowest BCUT2D eigenvalue weighted by Gasteiger charge is -2.18. The van der Waals surface area contributed by atoms with Crippen LogP contribution >= 0.6 is 23.2 Å². The summed E-state index contributed by atoms with van der Waals surface area (Å²) in [7, 11) is -3.79. The second kappa shape index (κ2) is 6.82. The van der Waals surface area contributed by atoms with Gasteiger partial charge in [-0.15, -0.1) is 0 Å². The molecule has 0 radical (unpaired) electrons. The Hall–Kier alpha value is -2.09. The summed E-state index contributed by atoms with van der Waals surface area (Å²) in [5, 5.41) is 3.34. The van der Waals surface area contributed by atoms with Gasteiger partial charge in [0, 0.05) is 10.6 Å². The fourth-order valence-corrected chi connectivity index (χ4v) is 5.38. The smallest absolute Gasteiger partial charge is 0.255 e. The Bertz CT molecular complexity index is 1050. The van der Waals surface area contributed by atoms with Crippen molar-refractivity contribution in [2.75, 3.05) is 15.4 Å². The minimum absolute atomic E-state index is 0.125. The van der Waals surface area contributed by atoms with Crippen molar-refractivity contribution in [1.82, 2.24) is 0 Å². The normalized spacial score (nSPS) is 17.8. The molecule has 3 rings (SSSR count). The first-order valence-corrected chi connectivity index (χ1v) is 10.3. The van der Waals surface area contributed by atoms with Gasteiger partial charge >= 0.3 is 0 Å². The predicted octanol–water partition coefficient (Wildman–Crippen LogP) is 3.95. The number of benzene rings is 2. The Balaban J connectivity index is 1.92. The van der Waals surface area contributed by atoms with Crippen LogP contribution in [-0.4, -0.2) is 26.0 Å². The number of carbonyl (C=O) groups is 2. The first kappa shape index (κ1) is 19.7. The van der Waals surface area contributed by atoms with Gasteiger partial charge in [0.1, 0.15) is 0 Å². The molecule has 0 aliphatic carbocycles. The Morgan fingerprint density at radius 2 is 1.85 bits per heavy atom. The standard InChI is InChI=1S/C18H16Cl2N2O4S/c1-18(2)10-27(25,26)22(17(18)24)13-5-3-4-11(8-13)16(23)21-15-7-6-12(19)9-14(15)20/h3-9H,10H2,1-2H3,(H,21,23). The predicted molar refractivity (Wildman–Crippen MR) is 106 cm³/mol. The molecular formula is C18H16Cl2N2O4S. The molecule has 0 unspecified atom stereocenters. The third-order valence-corrected chi connectivity index (χ3v) is 6.67. The Kier molecular flexibility index (Phi) is 4.96. The van der Waals surface area contributed by atoms with Gasteiger partial charge in [-0.05, 0) is 50.2 Å². The van der Waals surface area contributed by atoms with E-state index in [-0.39, 0.29) is 22.0 Å². The Morgan fingerprint density at radius 1 is 1.15 bits per heavy atom. The number of nitrogens with one attached hydrogen (secondary N) is 1. The fraction of sp³-hybridized carbons (Fsp3) is 0.222. The molecule has 1 N–H and O–H groups in total. The molecule has 0 bridgehead atoms. The van der Waals surface area contributed by atoms with Crippen LogP contribution in [0.1, 0.15) is 24.2 Å². The first-order valence-electron chi connectivity index (χ1n) is 7.95. The molecule has 2 aromatic rings. The zero-order valence-corrected chi connectivity index (χ0v) is 16.8. The van der Waals surface area contributed by atoms with Crippen molar-refractivity contribution in [3.63, 3.8) is 0 Å². The number of rotatable bonds is 3. The monoisotopic (exact) mass is 426 g/mol. The van der Waals surface area contributed by atoms with E-state index in [0.717, 1.165) is 4.31 Å². The summed E-state index contributed by atoms with van der Waals surface area (Å²) < 4.78 is 25.6. The van der Waals surface area contributed by atoms with Crippen LogP contribution in [0.15, 0.2) is 42.5 Å². The van der Waals surface area contributed by atoms with Gasteiger partial charge < -0.3 is 5.32 Å². The number of hydrogen-bond acceptors (Lipinski definition) is 4. The number of nitrogens with zero attached hydrogens (tertiary/aromatic N) is 1. The molecule has 142 valence electrons. The number of halogens is 2. The van der Waals surface area contributed by atoms with E-state index in [9.17, 15) is 18.0 Å². The minimum Gasteiger partial charge on any atom is -0.321 e. The molecule has 1 fully saturated rings. The number of anilines is 2. The molecule has 27 heavy (non-hydrogen) atoms. The molecule has 1 aliphatic heterocycles. The maximum atomic E-state index is 12.5. The zero-order valence-electron chi connectivity index (χ0n) is 14.5. The van der Waals surface area contributed by atoms with Crippen molar-refractivity contribution >= 4 is 56.4 Å². The maximum absolute atomic E-state index is 12.5. The van der Waals surface area contributed by atoms with E-state index < -0.39 is 27.3 Å². The molecule has 6 nitrogen and oxygen atoms in total. The van der Waals surface area contributed by atoms with Gasteiger partial charge in [0.25, 0.3) is 5.91 Å². The zero-order chi connectivity index (χ0) is 20.0. The fourth-order valence-electron chi connectivity index (χ4n) is 2.82. The second-order valence-corrected chi connectivity index (χ2v) is 9.50. The highest BCUT2D eigenvalue weighted by atomic mass is 35.5. The van der Waals surface area contributed by atoms with E-state index in [0.29, 0.717) is 10.7 Å². The molecule has 0 spiro atoms. The van der Waals surface area contributed by atoms with Gasteiger partial charge in [-0.1, -0.05) is 29.3 Å². The van der Waals surface area contributed by atoms with E-state index in [1.807, 2.05) is 0 Å². The van der Waals surface area contributed by atoms with E-state index in [4.69, 9.17) is 23.2 Å². The topological polar surface area (TPSA) is 83.6 Å². The van der Waals surface area contributed by atoms with Gasteiger partial charge in [-0.2, -0.15) is 0 Å². The van der Waals surface area contributed by atoms with E-state index in [1.54, 1.807) is 26.0 Å². The molecule has 0 saturated carbocycles. The maximum Gasteiger partial charge on any atom is 0.255 e. The van der Waals surface area contributed by atoms with Crippen LogP contribution in [0, 0.1) is 5.41 Å². The molecule has 2 aromatic carbocycles. The summed E-state index contributed by atoms with van der Waals surface area (Å²) in [6.45, 7) is 3.15. The quantitative estimate of drug-likeness (QED) is 0.804. The number of amides is 2.